The third-order valence-electron chi connectivity index (χ3n) is 2.85. The molecule has 1 rings (SSSR count). The maximum Gasteiger partial charge on any atom is 0.415 e. The Morgan fingerprint density at radius 2 is 2.00 bits per heavy atom. The molecular formula is C12H14F3NO5S. The van der Waals surface area contributed by atoms with E-state index in [4.69, 9.17) is 5.11 Å². The Kier molecular flexibility index (Phi) is 5.54. The normalized spacial score (nSPS) is 13.9. The minimum atomic E-state index is -4.71. The number of halogens is 3. The average molecular weight is 341 g/mol. The summed E-state index contributed by atoms with van der Waals surface area (Å²) in [6.45, 7) is 0.401. The van der Waals surface area contributed by atoms with E-state index in [1.807, 2.05) is 0 Å². The van der Waals surface area contributed by atoms with Crippen molar-refractivity contribution >= 4 is 16.0 Å². The first kappa shape index (κ1) is 18.4. The van der Waals surface area contributed by atoms with Crippen molar-refractivity contribution in [3.05, 3.63) is 29.3 Å². The quantitative estimate of drug-likeness (QED) is 0.819. The zero-order valence-electron chi connectivity index (χ0n) is 11.6. The van der Waals surface area contributed by atoms with Gasteiger partial charge >= 0.3 is 12.1 Å². The Morgan fingerprint density at radius 3 is 2.41 bits per heavy atom. The van der Waals surface area contributed by atoms with Gasteiger partial charge in [-0.05, 0) is 30.7 Å². The van der Waals surface area contributed by atoms with Crippen LogP contribution in [0, 0.1) is 6.92 Å². The number of methoxy groups -OCH3 is 1. The number of hydrogen-bond acceptors (Lipinski definition) is 4. The van der Waals surface area contributed by atoms with Crippen LogP contribution in [0.1, 0.15) is 15.9 Å². The molecule has 0 radical (unpaired) electrons. The summed E-state index contributed by atoms with van der Waals surface area (Å²) in [6.07, 6.45) is -6.98. The summed E-state index contributed by atoms with van der Waals surface area (Å²) >= 11 is 0. The number of nitrogens with one attached hydrogen (secondary N) is 1. The predicted octanol–water partition coefficient (Wildman–Crippen LogP) is 1.55. The van der Waals surface area contributed by atoms with E-state index in [2.05, 4.69) is 4.74 Å². The van der Waals surface area contributed by atoms with Gasteiger partial charge in [-0.25, -0.2) is 17.9 Å². The molecule has 0 fully saturated rings. The molecular weight excluding hydrogens is 327 g/mol. The van der Waals surface area contributed by atoms with Gasteiger partial charge in [-0.2, -0.15) is 13.2 Å². The molecule has 0 saturated heterocycles. The maximum atomic E-state index is 12.5. The lowest BCUT2D eigenvalue weighted by Crippen LogP contribution is -2.42. The number of hydrogen-bond donors (Lipinski definition) is 2. The van der Waals surface area contributed by atoms with Crippen LogP contribution in [-0.2, 0) is 14.8 Å². The zero-order chi connectivity index (χ0) is 17.1. The largest absolute Gasteiger partial charge is 0.478 e. The molecule has 0 bridgehead atoms. The minimum Gasteiger partial charge on any atom is -0.478 e. The number of rotatable bonds is 6. The molecule has 0 saturated carbocycles. The van der Waals surface area contributed by atoms with E-state index in [1.54, 1.807) is 4.72 Å². The molecule has 124 valence electrons. The molecule has 0 aromatic heterocycles. The second kappa shape index (κ2) is 6.63. The summed E-state index contributed by atoms with van der Waals surface area (Å²) < 4.78 is 67.3. The van der Waals surface area contributed by atoms with Crippen LogP contribution in [0.2, 0.25) is 0 Å². The molecule has 0 spiro atoms. The second-order valence-electron chi connectivity index (χ2n) is 4.40. The monoisotopic (exact) mass is 341 g/mol. The molecule has 22 heavy (non-hydrogen) atoms. The van der Waals surface area contributed by atoms with E-state index in [-0.39, 0.29) is 16.0 Å². The lowest BCUT2D eigenvalue weighted by molar-refractivity contribution is -0.209. The molecule has 6 nitrogen and oxygen atoms in total. The van der Waals surface area contributed by atoms with E-state index >= 15 is 0 Å². The fraction of sp³-hybridized carbons (Fsp3) is 0.417. The summed E-state index contributed by atoms with van der Waals surface area (Å²) in [6, 6.07) is 3.15. The number of aryl methyl sites for hydroxylation is 1. The Morgan fingerprint density at radius 1 is 1.41 bits per heavy atom. The lowest BCUT2D eigenvalue weighted by atomic mass is 10.1. The van der Waals surface area contributed by atoms with Crippen LogP contribution in [0.4, 0.5) is 13.2 Å². The highest BCUT2D eigenvalue weighted by Crippen LogP contribution is 2.22. The number of carboxylic acid groups (broad SMARTS) is 1. The molecule has 2 N–H and O–H groups in total. The first-order valence-corrected chi connectivity index (χ1v) is 7.40. The molecule has 0 amide bonds. The molecule has 10 heteroatoms. The van der Waals surface area contributed by atoms with Gasteiger partial charge in [0, 0.05) is 13.7 Å². The lowest BCUT2D eigenvalue weighted by Gasteiger charge is -2.19. The van der Waals surface area contributed by atoms with E-state index in [0.717, 1.165) is 25.3 Å². The summed E-state index contributed by atoms with van der Waals surface area (Å²) in [5.74, 6) is -1.23. The van der Waals surface area contributed by atoms with Crippen molar-refractivity contribution in [2.75, 3.05) is 13.7 Å². The van der Waals surface area contributed by atoms with Crippen molar-refractivity contribution in [3.63, 3.8) is 0 Å². The number of alkyl halides is 3. The van der Waals surface area contributed by atoms with Crippen molar-refractivity contribution in [2.24, 2.45) is 0 Å². The Balaban J connectivity index is 2.96. The molecule has 0 aliphatic heterocycles. The van der Waals surface area contributed by atoms with Gasteiger partial charge in [-0.3, -0.25) is 0 Å². The number of benzene rings is 1. The van der Waals surface area contributed by atoms with Gasteiger partial charge in [-0.1, -0.05) is 0 Å². The molecule has 1 unspecified atom stereocenters. The van der Waals surface area contributed by atoms with Crippen molar-refractivity contribution in [3.8, 4) is 0 Å². The third kappa shape index (κ3) is 4.42. The zero-order valence-corrected chi connectivity index (χ0v) is 12.5. The van der Waals surface area contributed by atoms with Crippen molar-refractivity contribution < 1.29 is 36.2 Å². The summed E-state index contributed by atoms with van der Waals surface area (Å²) in [7, 11) is -3.40. The topological polar surface area (TPSA) is 92.7 Å². The number of carboxylic acids is 1. The SMILES string of the molecule is COC(CNS(=O)(=O)c1ccc(C(=O)O)c(C)c1)C(F)(F)F. The molecule has 0 aliphatic rings. The van der Waals surface area contributed by atoms with Crippen LogP contribution >= 0.6 is 0 Å². The van der Waals surface area contributed by atoms with E-state index in [9.17, 15) is 26.4 Å². The third-order valence-corrected chi connectivity index (χ3v) is 4.27. The van der Waals surface area contributed by atoms with Crippen molar-refractivity contribution in [2.45, 2.75) is 24.1 Å². The number of aromatic carboxylic acids is 1. The summed E-state index contributed by atoms with van der Waals surface area (Å²) in [5, 5.41) is 8.85. The fourth-order valence-electron chi connectivity index (χ4n) is 1.64. The fourth-order valence-corrected chi connectivity index (χ4v) is 2.76. The van der Waals surface area contributed by atoms with Crippen molar-refractivity contribution in [1.82, 2.24) is 4.72 Å². The smallest absolute Gasteiger partial charge is 0.415 e. The Hall–Kier alpha value is -1.65. The second-order valence-corrected chi connectivity index (χ2v) is 6.17. The maximum absolute atomic E-state index is 12.5. The summed E-state index contributed by atoms with van der Waals surface area (Å²) in [4.78, 5) is 10.5. The first-order chi connectivity index (χ1) is 9.99. The van der Waals surface area contributed by atoms with Crippen LogP contribution in [0.5, 0.6) is 0 Å². The molecule has 0 heterocycles. The number of sulfonamides is 1. The van der Waals surface area contributed by atoms with Crippen LogP contribution in [0.25, 0.3) is 0 Å². The average Bonchev–Trinajstić information content (AvgIpc) is 2.37. The standard InChI is InChI=1S/C12H14F3NO5S/c1-7-5-8(3-4-9(7)11(17)18)22(19,20)16-6-10(21-2)12(13,14)15/h3-5,10,16H,6H2,1-2H3,(H,17,18). The Labute approximate surface area is 124 Å². The van der Waals surface area contributed by atoms with E-state index in [0.29, 0.717) is 0 Å². The van der Waals surface area contributed by atoms with E-state index < -0.39 is 34.8 Å². The molecule has 0 aliphatic carbocycles. The van der Waals surface area contributed by atoms with Crippen LogP contribution in [0.15, 0.2) is 23.1 Å². The van der Waals surface area contributed by atoms with Gasteiger partial charge in [0.15, 0.2) is 6.10 Å². The predicted molar refractivity (Wildman–Crippen MR) is 70.2 cm³/mol. The van der Waals surface area contributed by atoms with E-state index in [1.165, 1.54) is 6.92 Å². The minimum absolute atomic E-state index is 0.0935. The van der Waals surface area contributed by atoms with Crippen molar-refractivity contribution in [1.29, 1.82) is 0 Å². The van der Waals surface area contributed by atoms with Gasteiger partial charge < -0.3 is 9.84 Å². The highest BCUT2D eigenvalue weighted by atomic mass is 32.2. The molecule has 1 aromatic carbocycles. The summed E-state index contributed by atoms with van der Waals surface area (Å²) in [5.41, 5.74) is 0.0819. The van der Waals surface area contributed by atoms with Gasteiger partial charge in [0.25, 0.3) is 0 Å². The number of carbonyl (C=O) groups is 1. The molecule has 1 atom stereocenters. The van der Waals surface area contributed by atoms with Gasteiger partial charge in [0.1, 0.15) is 0 Å². The van der Waals surface area contributed by atoms with Gasteiger partial charge in [0.2, 0.25) is 10.0 Å². The highest BCUT2D eigenvalue weighted by Gasteiger charge is 2.40. The van der Waals surface area contributed by atoms with Crippen LogP contribution in [0.3, 0.4) is 0 Å². The molecule has 1 aromatic rings. The first-order valence-electron chi connectivity index (χ1n) is 5.92. The highest BCUT2D eigenvalue weighted by molar-refractivity contribution is 7.89. The Bertz CT molecular complexity index is 657. The van der Waals surface area contributed by atoms with Gasteiger partial charge in [0.05, 0.1) is 10.5 Å². The van der Waals surface area contributed by atoms with Gasteiger partial charge in [-0.15, -0.1) is 0 Å². The van der Waals surface area contributed by atoms with Crippen LogP contribution < -0.4 is 4.72 Å². The van der Waals surface area contributed by atoms with Crippen LogP contribution in [-0.4, -0.2) is 45.4 Å². The number of ether oxygens (including phenoxy) is 1.